The normalized spacial score (nSPS) is 14.2. The number of nitrogens with zero attached hydrogens (tertiary/aromatic N) is 1. The molecular formula is C58H113N2O6P. The molecule has 3 unspecified atom stereocenters. The number of phosphoric ester groups is 1. The number of carbonyl (C=O) groups excluding carboxylic acids is 1. The Kier molecular flexibility index (Phi) is 48.7. The molecule has 0 spiro atoms. The van der Waals surface area contributed by atoms with Gasteiger partial charge in [0.25, 0.3) is 7.82 Å². The molecule has 0 fully saturated rings. The zero-order valence-electron chi connectivity index (χ0n) is 45.1. The van der Waals surface area contributed by atoms with Crippen LogP contribution in [0.1, 0.15) is 277 Å². The van der Waals surface area contributed by atoms with Crippen LogP contribution in [0.3, 0.4) is 0 Å². The number of nitrogens with one attached hydrogen (secondary N) is 1. The van der Waals surface area contributed by atoms with E-state index in [4.69, 9.17) is 9.05 Å². The summed E-state index contributed by atoms with van der Waals surface area (Å²) >= 11 is 0. The molecule has 396 valence electrons. The van der Waals surface area contributed by atoms with Crippen molar-refractivity contribution in [1.29, 1.82) is 0 Å². The highest BCUT2D eigenvalue weighted by Crippen LogP contribution is 2.38. The van der Waals surface area contributed by atoms with Gasteiger partial charge in [-0.15, -0.1) is 0 Å². The van der Waals surface area contributed by atoms with E-state index in [0.717, 1.165) is 51.4 Å². The average Bonchev–Trinajstić information content (AvgIpc) is 3.29. The van der Waals surface area contributed by atoms with Crippen molar-refractivity contribution in [1.82, 2.24) is 5.32 Å². The Balaban J connectivity index is 3.71. The van der Waals surface area contributed by atoms with Gasteiger partial charge < -0.3 is 28.8 Å². The minimum absolute atomic E-state index is 0.0132. The Hall–Kier alpha value is -1.28. The van der Waals surface area contributed by atoms with E-state index < -0.39 is 20.0 Å². The van der Waals surface area contributed by atoms with Crippen molar-refractivity contribution >= 4 is 13.7 Å². The number of phosphoric acid groups is 1. The van der Waals surface area contributed by atoms with Crippen LogP contribution in [-0.2, 0) is 18.4 Å². The third kappa shape index (κ3) is 52.4. The Morgan fingerprint density at radius 1 is 0.522 bits per heavy atom. The first-order valence-corrected chi connectivity index (χ1v) is 30.3. The van der Waals surface area contributed by atoms with Crippen molar-refractivity contribution in [2.75, 3.05) is 40.9 Å². The number of allylic oxidation sites excluding steroid dienone is 6. The summed E-state index contributed by atoms with van der Waals surface area (Å²) in [6.45, 7) is 4.65. The highest BCUT2D eigenvalue weighted by molar-refractivity contribution is 7.45. The third-order valence-electron chi connectivity index (χ3n) is 13.1. The summed E-state index contributed by atoms with van der Waals surface area (Å²) in [6, 6.07) is -0.794. The molecule has 67 heavy (non-hydrogen) atoms. The highest BCUT2D eigenvalue weighted by Gasteiger charge is 2.24. The number of likely N-dealkylation sites (N-methyl/N-ethyl adjacent to an activating group) is 1. The van der Waals surface area contributed by atoms with E-state index in [0.29, 0.717) is 23.9 Å². The Bertz CT molecular complexity index is 1190. The standard InChI is InChI=1S/C58H113N2O6P/c1-6-8-10-12-14-15-16-17-18-19-20-21-22-23-24-25-26-27-28-29-30-31-32-33-34-35-36-37-38-39-40-41-42-43-44-45-46-48-50-52-58(62)59-56(57(61)51-49-47-13-11-9-7-2)55-66-67(63,64)65-54-53-60(3,4)5/h16-17,19-20,22-23,56-57,61H,6-15,18,21,24-55H2,1-5H3,(H-,59,62,63,64)/b17-16-,20-19-,23-22-. The molecule has 0 aromatic rings. The zero-order chi connectivity index (χ0) is 49.2. The number of amides is 1. The number of aliphatic hydroxyl groups excluding tert-OH is 1. The van der Waals surface area contributed by atoms with Crippen LogP contribution < -0.4 is 10.2 Å². The molecule has 0 aliphatic rings. The maximum atomic E-state index is 12.8. The molecular weight excluding hydrogens is 852 g/mol. The van der Waals surface area contributed by atoms with Gasteiger partial charge in [-0.3, -0.25) is 9.36 Å². The molecule has 0 aliphatic carbocycles. The molecule has 0 bridgehead atoms. The number of hydrogen-bond acceptors (Lipinski definition) is 6. The molecule has 2 N–H and O–H groups in total. The number of carbonyl (C=O) groups is 1. The summed E-state index contributed by atoms with van der Waals surface area (Å²) in [4.78, 5) is 25.3. The van der Waals surface area contributed by atoms with Crippen LogP contribution in [-0.4, -0.2) is 68.5 Å². The molecule has 3 atom stereocenters. The first-order valence-electron chi connectivity index (χ1n) is 28.8. The predicted octanol–water partition coefficient (Wildman–Crippen LogP) is 16.7. The van der Waals surface area contributed by atoms with Gasteiger partial charge in [0.05, 0.1) is 39.9 Å². The van der Waals surface area contributed by atoms with Crippen molar-refractivity contribution < 1.29 is 32.9 Å². The molecule has 0 radical (unpaired) electrons. The molecule has 0 saturated heterocycles. The summed E-state index contributed by atoms with van der Waals surface area (Å²) in [7, 11) is 1.31. The number of rotatable bonds is 53. The van der Waals surface area contributed by atoms with Gasteiger partial charge in [-0.2, -0.15) is 0 Å². The summed E-state index contributed by atoms with van der Waals surface area (Å²) in [6.07, 6.45) is 63.9. The number of hydrogen-bond donors (Lipinski definition) is 2. The molecule has 0 aromatic heterocycles. The van der Waals surface area contributed by atoms with Crippen molar-refractivity contribution in [2.24, 2.45) is 0 Å². The van der Waals surface area contributed by atoms with Crippen LogP contribution in [0, 0.1) is 0 Å². The Morgan fingerprint density at radius 2 is 0.866 bits per heavy atom. The molecule has 0 rings (SSSR count). The van der Waals surface area contributed by atoms with E-state index in [2.05, 4.69) is 55.6 Å². The Labute approximate surface area is 417 Å². The SMILES string of the molecule is CCCCCCC/C=C\C/C=C\C/C=C\CCCCCCCCCCCCCCCCCCCCCCCCCCC(=O)NC(COP(=O)([O-])OCC[N+](C)(C)C)C(O)CCCCCCCC. The van der Waals surface area contributed by atoms with Gasteiger partial charge in [0.1, 0.15) is 13.2 Å². The third-order valence-corrected chi connectivity index (χ3v) is 14.1. The van der Waals surface area contributed by atoms with Crippen molar-refractivity contribution in [2.45, 2.75) is 289 Å². The van der Waals surface area contributed by atoms with Crippen molar-refractivity contribution in [3.63, 3.8) is 0 Å². The summed E-state index contributed by atoms with van der Waals surface area (Å²) in [5, 5.41) is 13.8. The Morgan fingerprint density at radius 3 is 1.25 bits per heavy atom. The van der Waals surface area contributed by atoms with E-state index in [-0.39, 0.29) is 19.1 Å². The van der Waals surface area contributed by atoms with E-state index in [9.17, 15) is 19.4 Å². The fraction of sp³-hybridized carbons (Fsp3) is 0.879. The van der Waals surface area contributed by atoms with Crippen LogP contribution >= 0.6 is 7.82 Å². The minimum Gasteiger partial charge on any atom is -0.756 e. The molecule has 0 heterocycles. The molecule has 8 nitrogen and oxygen atoms in total. The fourth-order valence-corrected chi connectivity index (χ4v) is 9.30. The number of aliphatic hydroxyl groups is 1. The molecule has 0 aromatic carbocycles. The number of quaternary nitrogens is 1. The van der Waals surface area contributed by atoms with Gasteiger partial charge in [0.15, 0.2) is 0 Å². The van der Waals surface area contributed by atoms with Crippen LogP contribution in [0.5, 0.6) is 0 Å². The van der Waals surface area contributed by atoms with Crippen molar-refractivity contribution in [3.8, 4) is 0 Å². The topological polar surface area (TPSA) is 108 Å². The quantitative estimate of drug-likeness (QED) is 0.0272. The average molecular weight is 966 g/mol. The van der Waals surface area contributed by atoms with Gasteiger partial charge in [0, 0.05) is 6.42 Å². The summed E-state index contributed by atoms with van der Waals surface area (Å²) in [5.74, 6) is -0.166. The van der Waals surface area contributed by atoms with Gasteiger partial charge in [-0.05, 0) is 51.4 Å². The van der Waals surface area contributed by atoms with Crippen LogP contribution in [0.2, 0.25) is 0 Å². The predicted molar refractivity (Wildman–Crippen MR) is 288 cm³/mol. The van der Waals surface area contributed by atoms with Gasteiger partial charge in [0.2, 0.25) is 5.91 Å². The van der Waals surface area contributed by atoms with E-state index in [1.54, 1.807) is 0 Å². The first kappa shape index (κ1) is 65.7. The second kappa shape index (κ2) is 49.7. The molecule has 9 heteroatoms. The summed E-state index contributed by atoms with van der Waals surface area (Å²) in [5.41, 5.74) is 0. The van der Waals surface area contributed by atoms with E-state index in [1.165, 1.54) is 199 Å². The van der Waals surface area contributed by atoms with Gasteiger partial charge in [-0.25, -0.2) is 0 Å². The minimum atomic E-state index is -4.55. The lowest BCUT2D eigenvalue weighted by Crippen LogP contribution is -2.46. The number of unbranched alkanes of at least 4 members (excludes halogenated alkanes) is 34. The van der Waals surface area contributed by atoms with E-state index >= 15 is 0 Å². The van der Waals surface area contributed by atoms with Crippen LogP contribution in [0.25, 0.3) is 0 Å². The fourth-order valence-electron chi connectivity index (χ4n) is 8.58. The summed E-state index contributed by atoms with van der Waals surface area (Å²) < 4.78 is 23.2. The molecule has 0 aliphatic heterocycles. The smallest absolute Gasteiger partial charge is 0.268 e. The monoisotopic (exact) mass is 965 g/mol. The maximum absolute atomic E-state index is 12.8. The van der Waals surface area contributed by atoms with Crippen LogP contribution in [0.15, 0.2) is 36.5 Å². The van der Waals surface area contributed by atoms with E-state index in [1.807, 2.05) is 21.1 Å². The second-order valence-corrected chi connectivity index (χ2v) is 22.4. The zero-order valence-corrected chi connectivity index (χ0v) is 46.0. The lowest BCUT2D eigenvalue weighted by Gasteiger charge is -2.30. The largest absolute Gasteiger partial charge is 0.756 e. The van der Waals surface area contributed by atoms with Crippen LogP contribution in [0.4, 0.5) is 0 Å². The molecule has 1 amide bonds. The van der Waals surface area contributed by atoms with Gasteiger partial charge >= 0.3 is 0 Å². The first-order chi connectivity index (χ1) is 32.5. The molecule has 0 saturated carbocycles. The van der Waals surface area contributed by atoms with Crippen molar-refractivity contribution in [3.05, 3.63) is 36.5 Å². The lowest BCUT2D eigenvalue weighted by atomic mass is 10.0. The van der Waals surface area contributed by atoms with Gasteiger partial charge in [-0.1, -0.05) is 256 Å². The second-order valence-electron chi connectivity index (χ2n) is 21.0. The maximum Gasteiger partial charge on any atom is 0.268 e. The lowest BCUT2D eigenvalue weighted by molar-refractivity contribution is -0.870. The highest BCUT2D eigenvalue weighted by atomic mass is 31.2.